The van der Waals surface area contributed by atoms with Gasteiger partial charge in [0.05, 0.1) is 13.2 Å². The van der Waals surface area contributed by atoms with E-state index in [4.69, 9.17) is 4.74 Å². The van der Waals surface area contributed by atoms with Crippen LogP contribution in [0.25, 0.3) is 0 Å². The van der Waals surface area contributed by atoms with Gasteiger partial charge in [-0.1, -0.05) is 39.5 Å². The van der Waals surface area contributed by atoms with Crippen LogP contribution in [0.3, 0.4) is 0 Å². The Bertz CT molecular complexity index is 263. The molecular formula is C16H33N2O+. The Morgan fingerprint density at radius 2 is 1.84 bits per heavy atom. The third-order valence-corrected chi connectivity index (χ3v) is 3.89. The summed E-state index contributed by atoms with van der Waals surface area (Å²) < 4.78 is 8.29. The maximum atomic E-state index is 5.85. The first-order valence-electron chi connectivity index (χ1n) is 8.26. The molecule has 0 aromatic heterocycles. The van der Waals surface area contributed by atoms with Crippen molar-refractivity contribution in [3.05, 3.63) is 0 Å². The minimum atomic E-state index is 0.793. The van der Waals surface area contributed by atoms with Crippen molar-refractivity contribution in [2.24, 2.45) is 0 Å². The molecule has 0 unspecified atom stereocenters. The highest BCUT2D eigenvalue weighted by Gasteiger charge is 2.28. The molecule has 0 amide bonds. The molecule has 0 spiro atoms. The minimum absolute atomic E-state index is 0.793. The van der Waals surface area contributed by atoms with E-state index in [2.05, 4.69) is 30.2 Å². The van der Waals surface area contributed by atoms with Crippen molar-refractivity contribution in [1.82, 2.24) is 4.90 Å². The number of amidine groups is 1. The quantitative estimate of drug-likeness (QED) is 0.421. The standard InChI is InChI=1S/C16H33N2O/c1-4-7-9-10-14-19-15-18-13-12-17(6-3)16(18)11-8-5-2/h4-15H2,1-3H3/q+1. The maximum Gasteiger partial charge on any atom is 0.248 e. The summed E-state index contributed by atoms with van der Waals surface area (Å²) in [6.07, 6.45) is 8.93. The van der Waals surface area contributed by atoms with Crippen molar-refractivity contribution in [2.75, 3.05) is 33.0 Å². The highest BCUT2D eigenvalue weighted by atomic mass is 16.5. The molecule has 112 valence electrons. The first-order valence-corrected chi connectivity index (χ1v) is 8.26. The van der Waals surface area contributed by atoms with E-state index in [9.17, 15) is 0 Å². The van der Waals surface area contributed by atoms with Crippen LogP contribution < -0.4 is 0 Å². The van der Waals surface area contributed by atoms with Crippen LogP contribution >= 0.6 is 0 Å². The van der Waals surface area contributed by atoms with Gasteiger partial charge in [-0.15, -0.1) is 0 Å². The summed E-state index contributed by atoms with van der Waals surface area (Å²) in [4.78, 5) is 2.51. The average Bonchev–Trinajstić information content (AvgIpc) is 2.82. The normalized spacial score (nSPS) is 15.6. The molecular weight excluding hydrogens is 236 g/mol. The Labute approximate surface area is 119 Å². The van der Waals surface area contributed by atoms with Gasteiger partial charge in [-0.3, -0.25) is 4.90 Å². The summed E-state index contributed by atoms with van der Waals surface area (Å²) in [5.74, 6) is 1.51. The molecule has 0 aromatic rings. The smallest absolute Gasteiger partial charge is 0.248 e. The molecule has 0 radical (unpaired) electrons. The van der Waals surface area contributed by atoms with Crippen LogP contribution in [0.15, 0.2) is 0 Å². The van der Waals surface area contributed by atoms with Crippen molar-refractivity contribution in [1.29, 1.82) is 0 Å². The molecule has 0 N–H and O–H groups in total. The van der Waals surface area contributed by atoms with E-state index in [1.54, 1.807) is 0 Å². The van der Waals surface area contributed by atoms with E-state index >= 15 is 0 Å². The molecule has 0 bridgehead atoms. The molecule has 0 atom stereocenters. The molecule has 3 heteroatoms. The summed E-state index contributed by atoms with van der Waals surface area (Å²) >= 11 is 0. The largest absolute Gasteiger partial charge is 0.342 e. The Morgan fingerprint density at radius 1 is 1.05 bits per heavy atom. The highest BCUT2D eigenvalue weighted by Crippen LogP contribution is 2.09. The van der Waals surface area contributed by atoms with Crippen molar-refractivity contribution in [2.45, 2.75) is 65.7 Å². The van der Waals surface area contributed by atoms with E-state index < -0.39 is 0 Å². The summed E-state index contributed by atoms with van der Waals surface area (Å²) in [5.41, 5.74) is 0. The van der Waals surface area contributed by atoms with Crippen LogP contribution in [0.5, 0.6) is 0 Å². The molecule has 0 fully saturated rings. The van der Waals surface area contributed by atoms with Gasteiger partial charge >= 0.3 is 0 Å². The monoisotopic (exact) mass is 269 g/mol. The Morgan fingerprint density at radius 3 is 2.53 bits per heavy atom. The molecule has 0 saturated carbocycles. The zero-order valence-corrected chi connectivity index (χ0v) is 13.3. The molecule has 1 aliphatic rings. The zero-order chi connectivity index (χ0) is 13.9. The fraction of sp³-hybridized carbons (Fsp3) is 0.938. The van der Waals surface area contributed by atoms with Crippen LogP contribution in [0.2, 0.25) is 0 Å². The van der Waals surface area contributed by atoms with Crippen LogP contribution in [0.4, 0.5) is 0 Å². The number of ether oxygens (including phenoxy) is 1. The SMILES string of the molecule is CCCCCCOC[N+]1=C(CCCC)N(CC)CC1. The number of hydrogen-bond acceptors (Lipinski definition) is 2. The van der Waals surface area contributed by atoms with Gasteiger partial charge in [0.25, 0.3) is 0 Å². The van der Waals surface area contributed by atoms with Crippen molar-refractivity contribution in [3.8, 4) is 0 Å². The van der Waals surface area contributed by atoms with Crippen LogP contribution in [0.1, 0.15) is 65.7 Å². The van der Waals surface area contributed by atoms with Gasteiger partial charge in [0.2, 0.25) is 5.84 Å². The molecule has 3 nitrogen and oxygen atoms in total. The second kappa shape index (κ2) is 10.2. The molecule has 0 aromatic carbocycles. The van der Waals surface area contributed by atoms with Gasteiger partial charge in [-0.05, 0) is 19.8 Å². The van der Waals surface area contributed by atoms with Crippen LogP contribution in [-0.4, -0.2) is 48.3 Å². The summed E-state index contributed by atoms with van der Waals surface area (Å²) in [5, 5.41) is 0. The molecule has 19 heavy (non-hydrogen) atoms. The van der Waals surface area contributed by atoms with Gasteiger partial charge in [-0.2, -0.15) is 0 Å². The lowest BCUT2D eigenvalue weighted by Gasteiger charge is -2.11. The van der Waals surface area contributed by atoms with Gasteiger partial charge < -0.3 is 4.74 Å². The van der Waals surface area contributed by atoms with Gasteiger partial charge in [0, 0.05) is 6.42 Å². The van der Waals surface area contributed by atoms with Gasteiger partial charge in [0.1, 0.15) is 13.1 Å². The Balaban J connectivity index is 2.30. The topological polar surface area (TPSA) is 15.5 Å². The number of nitrogens with zero attached hydrogens (tertiary/aromatic N) is 2. The highest BCUT2D eigenvalue weighted by molar-refractivity contribution is 5.78. The van der Waals surface area contributed by atoms with Crippen molar-refractivity contribution < 1.29 is 9.31 Å². The predicted octanol–water partition coefficient (Wildman–Crippen LogP) is 3.48. The lowest BCUT2D eigenvalue weighted by Crippen LogP contribution is -2.29. The first-order chi connectivity index (χ1) is 9.33. The van der Waals surface area contributed by atoms with E-state index in [1.807, 2.05) is 0 Å². The molecule has 0 saturated heterocycles. The fourth-order valence-corrected chi connectivity index (χ4v) is 2.64. The molecule has 1 rings (SSSR count). The van der Waals surface area contributed by atoms with Crippen molar-refractivity contribution in [3.63, 3.8) is 0 Å². The summed E-state index contributed by atoms with van der Waals surface area (Å²) in [6, 6.07) is 0. The average molecular weight is 269 g/mol. The Kier molecular flexibility index (Phi) is 8.89. The van der Waals surface area contributed by atoms with Crippen molar-refractivity contribution >= 4 is 5.84 Å². The number of hydrogen-bond donors (Lipinski definition) is 0. The molecule has 1 heterocycles. The lowest BCUT2D eigenvalue weighted by atomic mass is 10.2. The Hall–Kier alpha value is -0.570. The van der Waals surface area contributed by atoms with Gasteiger partial charge in [-0.25, -0.2) is 4.58 Å². The second-order valence-corrected chi connectivity index (χ2v) is 5.46. The fourth-order valence-electron chi connectivity index (χ4n) is 2.64. The first kappa shape index (κ1) is 16.5. The molecule has 0 aliphatic carbocycles. The third kappa shape index (κ3) is 5.94. The van der Waals surface area contributed by atoms with Crippen LogP contribution in [-0.2, 0) is 4.74 Å². The second-order valence-electron chi connectivity index (χ2n) is 5.46. The lowest BCUT2D eigenvalue weighted by molar-refractivity contribution is -0.560. The van der Waals surface area contributed by atoms with E-state index in [0.29, 0.717) is 0 Å². The van der Waals surface area contributed by atoms with E-state index in [-0.39, 0.29) is 0 Å². The third-order valence-electron chi connectivity index (χ3n) is 3.89. The van der Waals surface area contributed by atoms with E-state index in [0.717, 1.165) is 26.4 Å². The number of rotatable bonds is 11. The zero-order valence-electron chi connectivity index (χ0n) is 13.3. The number of unbranched alkanes of at least 4 members (excludes halogenated alkanes) is 4. The molecule has 1 aliphatic heterocycles. The maximum absolute atomic E-state index is 5.85. The van der Waals surface area contributed by atoms with Crippen LogP contribution in [0, 0.1) is 0 Å². The minimum Gasteiger partial charge on any atom is -0.342 e. The number of likely N-dealkylation sites (N-methyl/N-ethyl adjacent to an activating group) is 1. The van der Waals surface area contributed by atoms with Gasteiger partial charge in [0.15, 0.2) is 6.73 Å². The summed E-state index contributed by atoms with van der Waals surface area (Å²) in [7, 11) is 0. The van der Waals surface area contributed by atoms with E-state index in [1.165, 1.54) is 57.3 Å². The summed E-state index contributed by atoms with van der Waals surface area (Å²) in [6.45, 7) is 11.9. The predicted molar refractivity (Wildman–Crippen MR) is 81.9 cm³/mol.